The van der Waals surface area contributed by atoms with Crippen LogP contribution in [-0.2, 0) is 0 Å². The van der Waals surface area contributed by atoms with E-state index in [0.29, 0.717) is 0 Å². The second-order valence-electron chi connectivity index (χ2n) is 5.27. The number of allylic oxidation sites excluding steroid dienone is 1. The fourth-order valence-corrected chi connectivity index (χ4v) is 3.45. The monoisotopic (exact) mass is 193 g/mol. The van der Waals surface area contributed by atoms with Gasteiger partial charge in [-0.15, -0.1) is 0 Å². The Morgan fingerprint density at radius 1 is 1.36 bits per heavy atom. The first-order valence-corrected chi connectivity index (χ1v) is 6.15. The van der Waals surface area contributed by atoms with Crippen LogP contribution in [0.15, 0.2) is 11.6 Å². The lowest BCUT2D eigenvalue weighted by molar-refractivity contribution is 0.330. The predicted molar refractivity (Wildman–Crippen MR) is 61.0 cm³/mol. The second kappa shape index (κ2) is 4.48. The summed E-state index contributed by atoms with van der Waals surface area (Å²) >= 11 is 0. The summed E-state index contributed by atoms with van der Waals surface area (Å²) < 4.78 is 0. The SMILES string of the molecule is CC(=CCCN)CC1CC2CCC1C2. The van der Waals surface area contributed by atoms with Crippen molar-refractivity contribution < 1.29 is 0 Å². The average molecular weight is 193 g/mol. The van der Waals surface area contributed by atoms with Gasteiger partial charge in [0, 0.05) is 0 Å². The highest BCUT2D eigenvalue weighted by atomic mass is 14.5. The Bertz CT molecular complexity index is 219. The summed E-state index contributed by atoms with van der Waals surface area (Å²) in [4.78, 5) is 0. The maximum absolute atomic E-state index is 5.50. The van der Waals surface area contributed by atoms with Gasteiger partial charge in [0.05, 0.1) is 0 Å². The predicted octanol–water partition coefficient (Wildman–Crippen LogP) is 3.11. The Hall–Kier alpha value is -0.300. The average Bonchev–Trinajstić information content (AvgIpc) is 2.76. The van der Waals surface area contributed by atoms with E-state index in [1.54, 1.807) is 5.57 Å². The van der Waals surface area contributed by atoms with E-state index in [1.165, 1.54) is 32.1 Å². The molecule has 2 rings (SSSR count). The molecule has 1 nitrogen and oxygen atoms in total. The summed E-state index contributed by atoms with van der Waals surface area (Å²) in [6.07, 6.45) is 10.8. The van der Waals surface area contributed by atoms with Crippen LogP contribution in [0, 0.1) is 17.8 Å². The smallest absolute Gasteiger partial charge is 0.00425 e. The Labute approximate surface area is 87.8 Å². The van der Waals surface area contributed by atoms with Gasteiger partial charge in [-0.25, -0.2) is 0 Å². The van der Waals surface area contributed by atoms with Crippen LogP contribution in [0.4, 0.5) is 0 Å². The molecule has 1 heteroatoms. The maximum Gasteiger partial charge on any atom is -0.00425 e. The number of hydrogen-bond acceptors (Lipinski definition) is 1. The van der Waals surface area contributed by atoms with E-state index in [9.17, 15) is 0 Å². The molecule has 2 aliphatic carbocycles. The molecule has 2 aliphatic rings. The van der Waals surface area contributed by atoms with E-state index in [2.05, 4.69) is 13.0 Å². The molecule has 2 fully saturated rings. The normalized spacial score (nSPS) is 36.7. The lowest BCUT2D eigenvalue weighted by Crippen LogP contribution is -2.10. The number of nitrogens with two attached hydrogens (primary N) is 1. The fourth-order valence-electron chi connectivity index (χ4n) is 3.45. The van der Waals surface area contributed by atoms with Gasteiger partial charge in [-0.1, -0.05) is 18.1 Å². The van der Waals surface area contributed by atoms with Gasteiger partial charge < -0.3 is 5.73 Å². The molecule has 3 atom stereocenters. The molecule has 2 bridgehead atoms. The number of fused-ring (bicyclic) bond motifs is 2. The third kappa shape index (κ3) is 2.20. The molecule has 14 heavy (non-hydrogen) atoms. The molecule has 0 aromatic carbocycles. The molecule has 0 saturated heterocycles. The molecule has 2 saturated carbocycles. The van der Waals surface area contributed by atoms with E-state index in [0.717, 1.165) is 30.7 Å². The summed E-state index contributed by atoms with van der Waals surface area (Å²) in [6.45, 7) is 3.08. The molecular weight excluding hydrogens is 170 g/mol. The third-order valence-corrected chi connectivity index (χ3v) is 4.13. The van der Waals surface area contributed by atoms with Gasteiger partial charge in [0.25, 0.3) is 0 Å². The zero-order chi connectivity index (χ0) is 9.97. The van der Waals surface area contributed by atoms with Crippen molar-refractivity contribution in [2.24, 2.45) is 23.5 Å². The first-order valence-electron chi connectivity index (χ1n) is 6.15. The van der Waals surface area contributed by atoms with Crippen molar-refractivity contribution in [2.45, 2.75) is 45.4 Å². The Morgan fingerprint density at radius 2 is 2.21 bits per heavy atom. The van der Waals surface area contributed by atoms with Crippen LogP contribution in [0.1, 0.15) is 45.4 Å². The van der Waals surface area contributed by atoms with Crippen LogP contribution in [0.25, 0.3) is 0 Å². The molecule has 0 radical (unpaired) electrons. The van der Waals surface area contributed by atoms with Crippen LogP contribution < -0.4 is 5.73 Å². The Kier molecular flexibility index (Phi) is 3.27. The van der Waals surface area contributed by atoms with E-state index in [4.69, 9.17) is 5.73 Å². The van der Waals surface area contributed by atoms with Gasteiger partial charge in [-0.05, 0) is 63.3 Å². The van der Waals surface area contributed by atoms with Crippen molar-refractivity contribution in [3.05, 3.63) is 11.6 Å². The zero-order valence-electron chi connectivity index (χ0n) is 9.34. The second-order valence-corrected chi connectivity index (χ2v) is 5.27. The summed E-state index contributed by atoms with van der Waals surface area (Å²) in [6, 6.07) is 0. The van der Waals surface area contributed by atoms with Crippen molar-refractivity contribution in [2.75, 3.05) is 6.54 Å². The minimum Gasteiger partial charge on any atom is -0.330 e. The van der Waals surface area contributed by atoms with Crippen LogP contribution >= 0.6 is 0 Å². The molecule has 0 aromatic heterocycles. The van der Waals surface area contributed by atoms with Crippen molar-refractivity contribution in [3.63, 3.8) is 0 Å². The van der Waals surface area contributed by atoms with Crippen molar-refractivity contribution in [1.29, 1.82) is 0 Å². The minimum atomic E-state index is 0.800. The summed E-state index contributed by atoms with van der Waals surface area (Å²) in [7, 11) is 0. The Balaban J connectivity index is 1.80. The van der Waals surface area contributed by atoms with Crippen LogP contribution in [0.5, 0.6) is 0 Å². The van der Waals surface area contributed by atoms with E-state index in [-0.39, 0.29) is 0 Å². The van der Waals surface area contributed by atoms with Gasteiger partial charge in [-0.3, -0.25) is 0 Å². The molecule has 0 amide bonds. The van der Waals surface area contributed by atoms with Crippen LogP contribution in [0.2, 0.25) is 0 Å². The summed E-state index contributed by atoms with van der Waals surface area (Å²) in [5, 5.41) is 0. The highest BCUT2D eigenvalue weighted by Crippen LogP contribution is 2.50. The van der Waals surface area contributed by atoms with E-state index >= 15 is 0 Å². The van der Waals surface area contributed by atoms with Gasteiger partial charge in [0.1, 0.15) is 0 Å². The lowest BCUT2D eigenvalue weighted by atomic mass is 9.84. The highest BCUT2D eigenvalue weighted by Gasteiger charge is 2.38. The number of hydrogen-bond donors (Lipinski definition) is 1. The van der Waals surface area contributed by atoms with Crippen molar-refractivity contribution in [3.8, 4) is 0 Å². The lowest BCUT2D eigenvalue weighted by Gasteiger charge is -2.21. The topological polar surface area (TPSA) is 26.0 Å². The molecule has 0 spiro atoms. The quantitative estimate of drug-likeness (QED) is 0.682. The van der Waals surface area contributed by atoms with Gasteiger partial charge in [-0.2, -0.15) is 0 Å². The van der Waals surface area contributed by atoms with Gasteiger partial charge in [0.2, 0.25) is 0 Å². The van der Waals surface area contributed by atoms with Gasteiger partial charge in [0.15, 0.2) is 0 Å². The molecule has 0 heterocycles. The van der Waals surface area contributed by atoms with Crippen LogP contribution in [0.3, 0.4) is 0 Å². The van der Waals surface area contributed by atoms with Crippen molar-refractivity contribution in [1.82, 2.24) is 0 Å². The molecule has 2 N–H and O–H groups in total. The van der Waals surface area contributed by atoms with Crippen LogP contribution in [-0.4, -0.2) is 6.54 Å². The fraction of sp³-hybridized carbons (Fsp3) is 0.846. The largest absolute Gasteiger partial charge is 0.330 e. The minimum absolute atomic E-state index is 0.800. The summed E-state index contributed by atoms with van der Waals surface area (Å²) in [5.41, 5.74) is 7.08. The molecule has 0 aromatic rings. The highest BCUT2D eigenvalue weighted by molar-refractivity contribution is 5.03. The standard InChI is InChI=1S/C13H23N/c1-10(3-2-6-14)7-13-9-11-4-5-12(13)8-11/h3,11-13H,2,4-9,14H2,1H3. The third-order valence-electron chi connectivity index (χ3n) is 4.13. The zero-order valence-corrected chi connectivity index (χ0v) is 9.34. The first kappa shape index (κ1) is 10.2. The van der Waals surface area contributed by atoms with E-state index in [1.807, 2.05) is 0 Å². The Morgan fingerprint density at radius 3 is 2.79 bits per heavy atom. The molecule has 0 aliphatic heterocycles. The maximum atomic E-state index is 5.50. The number of rotatable bonds is 4. The molecule has 3 unspecified atom stereocenters. The first-order chi connectivity index (χ1) is 6.79. The van der Waals surface area contributed by atoms with Gasteiger partial charge >= 0.3 is 0 Å². The van der Waals surface area contributed by atoms with E-state index < -0.39 is 0 Å². The summed E-state index contributed by atoms with van der Waals surface area (Å²) in [5.74, 6) is 3.18. The molecular formula is C13H23N. The molecule has 80 valence electrons. The van der Waals surface area contributed by atoms with Crippen molar-refractivity contribution >= 4 is 0 Å².